The Morgan fingerprint density at radius 3 is 1.82 bits per heavy atom. The van der Waals surface area contributed by atoms with Gasteiger partial charge >= 0.3 is 12.1 Å². The van der Waals surface area contributed by atoms with Gasteiger partial charge in [0, 0.05) is 6.61 Å². The van der Waals surface area contributed by atoms with E-state index in [-0.39, 0.29) is 17.4 Å². The summed E-state index contributed by atoms with van der Waals surface area (Å²) in [5.41, 5.74) is -0.199. The number of carboxylic acids is 1. The van der Waals surface area contributed by atoms with E-state index < -0.39 is 43.7 Å². The van der Waals surface area contributed by atoms with Gasteiger partial charge in [0.25, 0.3) is 0 Å². The van der Waals surface area contributed by atoms with Crippen LogP contribution in [0.1, 0.15) is 123 Å². The molecule has 0 aromatic rings. The summed E-state index contributed by atoms with van der Waals surface area (Å²) < 4.78 is 19.2. The van der Waals surface area contributed by atoms with Crippen LogP contribution in [0.4, 0.5) is 4.79 Å². The summed E-state index contributed by atoms with van der Waals surface area (Å²) in [5, 5.41) is 9.93. The highest BCUT2D eigenvalue weighted by Crippen LogP contribution is 2.45. The van der Waals surface area contributed by atoms with Crippen LogP contribution in [0.2, 0.25) is 16.6 Å². The first-order chi connectivity index (χ1) is 17.5. The number of hydrogen-bond acceptors (Lipinski definition) is 5. The molecule has 0 aliphatic carbocycles. The number of aliphatic carboxylic acids is 1. The number of nitrogens with zero attached hydrogens (tertiary/aromatic N) is 1. The third-order valence-electron chi connectivity index (χ3n) is 8.58. The lowest BCUT2D eigenvalue weighted by atomic mass is 9.79. The Morgan fingerprint density at radius 1 is 0.949 bits per heavy atom. The van der Waals surface area contributed by atoms with E-state index in [2.05, 4.69) is 55.4 Å². The fraction of sp³-hybridized carbons (Fsp3) is 0.935. The van der Waals surface area contributed by atoms with Crippen LogP contribution in [0, 0.1) is 17.3 Å². The number of ether oxygens (including phenoxy) is 2. The fourth-order valence-electron chi connectivity index (χ4n) is 6.75. The highest BCUT2D eigenvalue weighted by molar-refractivity contribution is 6.77. The number of hydrogen-bond donors (Lipinski definition) is 1. The molecule has 0 spiro atoms. The third-order valence-corrected chi connectivity index (χ3v) is 14.7. The summed E-state index contributed by atoms with van der Waals surface area (Å²) in [7, 11) is -1.99. The molecule has 0 aromatic heterocycles. The normalized spacial score (nSPS) is 21.4. The van der Waals surface area contributed by atoms with Crippen molar-refractivity contribution in [3.63, 3.8) is 0 Å². The summed E-state index contributed by atoms with van der Waals surface area (Å²) in [6.45, 7) is 32.1. The molecule has 0 aromatic carbocycles. The molecule has 0 radical (unpaired) electrons. The quantitative estimate of drug-likeness (QED) is 0.223. The van der Waals surface area contributed by atoms with Crippen LogP contribution in [-0.4, -0.2) is 60.5 Å². The van der Waals surface area contributed by atoms with Gasteiger partial charge < -0.3 is 19.0 Å². The van der Waals surface area contributed by atoms with Gasteiger partial charge in [-0.05, 0) is 81.8 Å². The molecule has 3 atom stereocenters. The Bertz CT molecular complexity index is 793. The SMILES string of the molecule is CC(C)[C@@H](C[C@@H]1OC(C)(C)N(C(=O)OC(C)(C)C)[C@H]1CC(C)(C)CCO[Si](C(C)C)(C(C)C)C(C)C)C(=O)O. The first-order valence-corrected chi connectivity index (χ1v) is 17.2. The van der Waals surface area contributed by atoms with Crippen molar-refractivity contribution in [2.75, 3.05) is 6.61 Å². The molecule has 0 bridgehead atoms. The first-order valence-electron chi connectivity index (χ1n) is 15.1. The zero-order chi connectivity index (χ0) is 30.7. The van der Waals surface area contributed by atoms with Gasteiger partial charge in [0.1, 0.15) is 11.3 Å². The molecule has 0 unspecified atom stereocenters. The zero-order valence-corrected chi connectivity index (χ0v) is 28.8. The van der Waals surface area contributed by atoms with Crippen molar-refractivity contribution in [2.45, 2.75) is 163 Å². The minimum atomic E-state index is -1.99. The van der Waals surface area contributed by atoms with E-state index in [4.69, 9.17) is 13.9 Å². The Labute approximate surface area is 240 Å². The number of carbonyl (C=O) groups excluding carboxylic acids is 1. The van der Waals surface area contributed by atoms with Crippen molar-refractivity contribution in [3.8, 4) is 0 Å². The Kier molecular flexibility index (Phi) is 12.2. The average Bonchev–Trinajstić information content (AvgIpc) is 2.95. The number of carbonyl (C=O) groups is 2. The smallest absolute Gasteiger partial charge is 0.412 e. The summed E-state index contributed by atoms with van der Waals surface area (Å²) >= 11 is 0. The molecule has 1 fully saturated rings. The van der Waals surface area contributed by atoms with Gasteiger partial charge in [-0.25, -0.2) is 4.79 Å². The second kappa shape index (κ2) is 13.2. The van der Waals surface area contributed by atoms with E-state index in [9.17, 15) is 14.7 Å². The van der Waals surface area contributed by atoms with Crippen molar-refractivity contribution in [2.24, 2.45) is 17.3 Å². The summed E-state index contributed by atoms with van der Waals surface area (Å²) in [5.74, 6) is -1.44. The number of carboxylic acid groups (broad SMARTS) is 1. The molecular weight excluding hydrogens is 510 g/mol. The van der Waals surface area contributed by atoms with Gasteiger partial charge in [-0.2, -0.15) is 0 Å². The van der Waals surface area contributed by atoms with Gasteiger partial charge in [-0.1, -0.05) is 69.2 Å². The van der Waals surface area contributed by atoms with Crippen molar-refractivity contribution in [3.05, 3.63) is 0 Å². The average molecular weight is 572 g/mol. The largest absolute Gasteiger partial charge is 0.481 e. The number of amides is 1. The molecular formula is C31H61NO6Si. The van der Waals surface area contributed by atoms with Crippen LogP contribution in [0.5, 0.6) is 0 Å². The van der Waals surface area contributed by atoms with Gasteiger partial charge in [0.15, 0.2) is 8.32 Å². The van der Waals surface area contributed by atoms with Crippen LogP contribution < -0.4 is 0 Å². The molecule has 1 rings (SSSR count). The van der Waals surface area contributed by atoms with Gasteiger partial charge in [-0.15, -0.1) is 0 Å². The van der Waals surface area contributed by atoms with Gasteiger partial charge in [-0.3, -0.25) is 9.69 Å². The minimum absolute atomic E-state index is 0.0481. The molecule has 1 heterocycles. The van der Waals surface area contributed by atoms with Gasteiger partial charge in [0.2, 0.25) is 0 Å². The second-order valence-electron chi connectivity index (χ2n) is 15.2. The van der Waals surface area contributed by atoms with E-state index in [1.54, 1.807) is 4.90 Å². The molecule has 0 saturated carbocycles. The molecule has 1 saturated heterocycles. The van der Waals surface area contributed by atoms with E-state index >= 15 is 0 Å². The molecule has 39 heavy (non-hydrogen) atoms. The molecule has 1 amide bonds. The van der Waals surface area contributed by atoms with Gasteiger partial charge in [0.05, 0.1) is 18.1 Å². The van der Waals surface area contributed by atoms with Crippen LogP contribution in [-0.2, 0) is 18.7 Å². The first kappa shape index (κ1) is 35.9. The predicted molar refractivity (Wildman–Crippen MR) is 161 cm³/mol. The Morgan fingerprint density at radius 2 is 1.44 bits per heavy atom. The standard InChI is InChI=1S/C31H61NO6Si/c1-20(2)24(27(33)34)18-26-25(32(31(14,15)37-26)28(35)38-29(9,10)11)19-30(12,13)16-17-36-39(21(3)4,22(5)6)23(7)8/h20-26H,16-19H2,1-15H3,(H,33,34)/t24-,25+,26+/m1/s1. The van der Waals surface area contributed by atoms with E-state index in [1.165, 1.54) is 0 Å². The molecule has 8 heteroatoms. The van der Waals surface area contributed by atoms with E-state index in [0.29, 0.717) is 36.1 Å². The van der Waals surface area contributed by atoms with Crippen LogP contribution >= 0.6 is 0 Å². The predicted octanol–water partition coefficient (Wildman–Crippen LogP) is 8.47. The maximum Gasteiger partial charge on any atom is 0.412 e. The van der Waals surface area contributed by atoms with Crippen molar-refractivity contribution in [1.82, 2.24) is 4.90 Å². The highest BCUT2D eigenvalue weighted by atomic mass is 28.4. The maximum atomic E-state index is 13.5. The van der Waals surface area contributed by atoms with E-state index in [1.807, 2.05) is 48.5 Å². The van der Waals surface area contributed by atoms with Crippen molar-refractivity contribution < 1.29 is 28.6 Å². The molecule has 1 aliphatic heterocycles. The van der Waals surface area contributed by atoms with Crippen LogP contribution in [0.15, 0.2) is 0 Å². The third kappa shape index (κ3) is 9.19. The van der Waals surface area contributed by atoms with Crippen LogP contribution in [0.3, 0.4) is 0 Å². The Balaban J connectivity index is 3.31. The summed E-state index contributed by atoms with van der Waals surface area (Å²) in [6.07, 6.45) is 1.01. The minimum Gasteiger partial charge on any atom is -0.481 e. The van der Waals surface area contributed by atoms with Crippen molar-refractivity contribution in [1.29, 1.82) is 0 Å². The van der Waals surface area contributed by atoms with Crippen molar-refractivity contribution >= 4 is 20.4 Å². The highest BCUT2D eigenvalue weighted by Gasteiger charge is 2.53. The second-order valence-corrected chi connectivity index (χ2v) is 20.7. The Hall–Kier alpha value is -1.12. The lowest BCUT2D eigenvalue weighted by molar-refractivity contribution is -0.146. The zero-order valence-electron chi connectivity index (χ0n) is 27.8. The lowest BCUT2D eigenvalue weighted by Crippen LogP contribution is -2.51. The molecule has 230 valence electrons. The fourth-order valence-corrected chi connectivity index (χ4v) is 12.2. The summed E-state index contributed by atoms with van der Waals surface area (Å²) in [4.78, 5) is 27.4. The monoisotopic (exact) mass is 571 g/mol. The topological polar surface area (TPSA) is 85.3 Å². The van der Waals surface area contributed by atoms with Crippen LogP contribution in [0.25, 0.3) is 0 Å². The lowest BCUT2D eigenvalue weighted by Gasteiger charge is -2.43. The number of rotatable bonds is 13. The molecule has 7 nitrogen and oxygen atoms in total. The molecule has 1 N–H and O–H groups in total. The van der Waals surface area contributed by atoms with E-state index in [0.717, 1.165) is 6.42 Å². The molecule has 1 aliphatic rings. The summed E-state index contributed by atoms with van der Waals surface area (Å²) in [6, 6.07) is -0.312. The maximum absolute atomic E-state index is 13.5.